The topological polar surface area (TPSA) is 52.0 Å². The van der Waals surface area contributed by atoms with Crippen molar-refractivity contribution in [3.05, 3.63) is 46.6 Å². The quantitative estimate of drug-likeness (QED) is 0.628. The fourth-order valence-electron chi connectivity index (χ4n) is 1.40. The number of rotatable bonds is 3. The van der Waals surface area contributed by atoms with E-state index in [9.17, 15) is 0 Å². The fraction of sp³-hybridized carbons (Fsp3) is 0.167. The van der Waals surface area contributed by atoms with Crippen LogP contribution in [0.5, 0.6) is 0 Å². The molecule has 0 spiro atoms. The van der Waals surface area contributed by atoms with Crippen molar-refractivity contribution in [1.82, 2.24) is 0 Å². The van der Waals surface area contributed by atoms with Gasteiger partial charge in [0.1, 0.15) is 0 Å². The van der Waals surface area contributed by atoms with E-state index in [1.807, 2.05) is 12.1 Å². The van der Waals surface area contributed by atoms with Crippen LogP contribution in [0.4, 0.5) is 5.69 Å². The number of benzene rings is 1. The van der Waals surface area contributed by atoms with E-state index in [1.165, 1.54) is 8.93 Å². The van der Waals surface area contributed by atoms with E-state index in [0.717, 1.165) is 24.2 Å². The number of hydrogen-bond acceptors (Lipinski definition) is 2. The first-order valence-electron chi connectivity index (χ1n) is 5.12. The first-order chi connectivity index (χ1) is 7.77. The molecule has 0 atom stereocenters. The molecule has 16 heavy (non-hydrogen) atoms. The Hall–Kier alpha value is -0.661. The van der Waals surface area contributed by atoms with Crippen molar-refractivity contribution >= 4 is 36.4 Å². The van der Waals surface area contributed by atoms with Crippen LogP contribution in [-0.2, 0) is 0 Å². The summed E-state index contributed by atoms with van der Waals surface area (Å²) >= 11 is 0.906. The van der Waals surface area contributed by atoms with Crippen LogP contribution in [0, 0.1) is 0 Å². The molecule has 1 aliphatic rings. The van der Waals surface area contributed by atoms with E-state index in [4.69, 9.17) is 11.5 Å². The molecular weight excluding hydrogens is 330 g/mol. The second-order valence-electron chi connectivity index (χ2n) is 3.51. The third kappa shape index (κ3) is 2.93. The second kappa shape index (κ2) is 5.60. The van der Waals surface area contributed by atoms with Gasteiger partial charge in [-0.15, -0.1) is 0 Å². The van der Waals surface area contributed by atoms with Gasteiger partial charge in [-0.3, -0.25) is 0 Å². The minimum atomic E-state index is 0.444. The molecule has 1 aliphatic carbocycles. The predicted molar refractivity (Wildman–Crippen MR) is 71.6 cm³/mol. The number of nitrogens with two attached hydrogens (primary N) is 2. The molecule has 0 saturated carbocycles. The molecule has 0 fully saturated rings. The summed E-state index contributed by atoms with van der Waals surface area (Å²) in [6.07, 6.45) is 6.65. The van der Waals surface area contributed by atoms with Gasteiger partial charge in [0.15, 0.2) is 0 Å². The molecule has 2 nitrogen and oxygen atoms in total. The Balaban J connectivity index is 2.00. The molecule has 0 saturated heterocycles. The van der Waals surface area contributed by atoms with E-state index < -0.39 is 0 Å². The van der Waals surface area contributed by atoms with Gasteiger partial charge in [-0.2, -0.15) is 0 Å². The van der Waals surface area contributed by atoms with Crippen molar-refractivity contribution in [2.75, 3.05) is 5.73 Å². The van der Waals surface area contributed by atoms with Crippen molar-refractivity contribution in [3.8, 4) is 0 Å². The van der Waals surface area contributed by atoms with Crippen molar-refractivity contribution in [1.29, 1.82) is 0 Å². The van der Waals surface area contributed by atoms with Gasteiger partial charge in [-0.1, -0.05) is 0 Å². The monoisotopic (exact) mass is 346 g/mol. The molecule has 1 aromatic rings. The van der Waals surface area contributed by atoms with Crippen molar-refractivity contribution in [2.45, 2.75) is 12.8 Å². The van der Waals surface area contributed by atoms with E-state index in [0.29, 0.717) is 26.3 Å². The average molecular weight is 344 g/mol. The SMILES string of the molecule is NC1=CCCC=C1[Se][Se]c1ccccc1N. The number of allylic oxidation sites excluding steroid dienone is 3. The molecule has 0 aromatic heterocycles. The minimum absolute atomic E-state index is 0.444. The normalized spacial score (nSPS) is 15.5. The Morgan fingerprint density at radius 3 is 2.44 bits per heavy atom. The summed E-state index contributed by atoms with van der Waals surface area (Å²) in [4.78, 5) is 0. The Labute approximate surface area is 107 Å². The van der Waals surface area contributed by atoms with Gasteiger partial charge in [-0.05, 0) is 0 Å². The number of para-hydroxylation sites is 1. The molecule has 84 valence electrons. The first-order valence-corrected chi connectivity index (χ1v) is 11.2. The number of nitrogen functional groups attached to an aromatic ring is 1. The molecule has 1 aromatic carbocycles. The van der Waals surface area contributed by atoms with Crippen LogP contribution in [0.2, 0.25) is 0 Å². The zero-order chi connectivity index (χ0) is 11.4. The summed E-state index contributed by atoms with van der Waals surface area (Å²) in [7, 11) is 0. The third-order valence-corrected chi connectivity index (χ3v) is 9.66. The summed E-state index contributed by atoms with van der Waals surface area (Å²) in [5.41, 5.74) is 13.8. The van der Waals surface area contributed by atoms with Crippen LogP contribution >= 0.6 is 0 Å². The van der Waals surface area contributed by atoms with Gasteiger partial charge >= 0.3 is 107 Å². The van der Waals surface area contributed by atoms with E-state index >= 15 is 0 Å². The van der Waals surface area contributed by atoms with Crippen LogP contribution in [0.3, 0.4) is 0 Å². The summed E-state index contributed by atoms with van der Waals surface area (Å²) in [5.74, 6) is 0. The fourth-order valence-corrected chi connectivity index (χ4v) is 8.57. The van der Waals surface area contributed by atoms with Gasteiger partial charge < -0.3 is 0 Å². The van der Waals surface area contributed by atoms with Crippen LogP contribution in [0.1, 0.15) is 12.8 Å². The van der Waals surface area contributed by atoms with Crippen LogP contribution in [-0.4, -0.2) is 26.3 Å². The van der Waals surface area contributed by atoms with Crippen LogP contribution in [0.15, 0.2) is 46.6 Å². The first kappa shape index (κ1) is 11.8. The Kier molecular flexibility index (Phi) is 4.14. The van der Waals surface area contributed by atoms with Gasteiger partial charge in [0.05, 0.1) is 0 Å². The van der Waals surface area contributed by atoms with E-state index in [1.54, 1.807) is 0 Å². The van der Waals surface area contributed by atoms with Gasteiger partial charge in [0, 0.05) is 0 Å². The van der Waals surface area contributed by atoms with Crippen molar-refractivity contribution in [2.24, 2.45) is 5.73 Å². The molecule has 4 N–H and O–H groups in total. The third-order valence-electron chi connectivity index (χ3n) is 2.29. The van der Waals surface area contributed by atoms with Crippen LogP contribution < -0.4 is 15.9 Å². The van der Waals surface area contributed by atoms with E-state index in [2.05, 4.69) is 24.3 Å². The molecule has 4 heteroatoms. The number of anilines is 1. The van der Waals surface area contributed by atoms with Gasteiger partial charge in [0.2, 0.25) is 0 Å². The molecule has 0 aliphatic heterocycles. The number of hydrogen-bond donors (Lipinski definition) is 2. The summed E-state index contributed by atoms with van der Waals surface area (Å²) < 4.78 is 2.66. The van der Waals surface area contributed by atoms with Gasteiger partial charge in [0.25, 0.3) is 0 Å². The Morgan fingerprint density at radius 1 is 0.938 bits per heavy atom. The van der Waals surface area contributed by atoms with E-state index in [-0.39, 0.29) is 0 Å². The standard InChI is InChI=1S/C12H14N2Se2/c13-9-5-1-3-7-11(9)15-16-12-8-4-2-6-10(12)14/h1,3,5-8H,2,4,13-14H2. The van der Waals surface area contributed by atoms with Gasteiger partial charge in [-0.25, -0.2) is 0 Å². The summed E-state index contributed by atoms with van der Waals surface area (Å²) in [6, 6.07) is 8.13. The maximum absolute atomic E-state index is 5.97. The average Bonchev–Trinajstić information content (AvgIpc) is 2.30. The maximum atomic E-state index is 5.97. The summed E-state index contributed by atoms with van der Waals surface area (Å²) in [5, 5.41) is 0. The molecule has 0 unspecified atom stereocenters. The van der Waals surface area contributed by atoms with Crippen molar-refractivity contribution in [3.63, 3.8) is 0 Å². The summed E-state index contributed by atoms with van der Waals surface area (Å²) in [6.45, 7) is 0. The zero-order valence-corrected chi connectivity index (χ0v) is 12.3. The van der Waals surface area contributed by atoms with Crippen LogP contribution in [0.25, 0.3) is 0 Å². The molecule has 0 amide bonds. The second-order valence-corrected chi connectivity index (χ2v) is 9.69. The molecule has 0 heterocycles. The zero-order valence-electron chi connectivity index (χ0n) is 8.85. The molecule has 2 rings (SSSR count). The Bertz CT molecular complexity index is 438. The van der Waals surface area contributed by atoms with Crippen molar-refractivity contribution < 1.29 is 0 Å². The Morgan fingerprint density at radius 2 is 1.69 bits per heavy atom. The molecular formula is C12H14N2Se2. The molecule has 0 radical (unpaired) electrons. The molecule has 0 bridgehead atoms. The predicted octanol–water partition coefficient (Wildman–Crippen LogP) is 0.738.